The number of hydrogen-bond acceptors (Lipinski definition) is 4. The minimum atomic E-state index is -0.140. The second-order valence-corrected chi connectivity index (χ2v) is 6.31. The zero-order valence-corrected chi connectivity index (χ0v) is 14.0. The summed E-state index contributed by atoms with van der Waals surface area (Å²) in [5, 5.41) is 2.95. The maximum Gasteiger partial charge on any atom is 0.255 e. The van der Waals surface area contributed by atoms with Gasteiger partial charge in [0.05, 0.1) is 11.0 Å². The van der Waals surface area contributed by atoms with Gasteiger partial charge in [0.1, 0.15) is 0 Å². The smallest absolute Gasteiger partial charge is 0.255 e. The fourth-order valence-corrected chi connectivity index (χ4v) is 3.22. The molecule has 0 radical (unpaired) electrons. The minimum absolute atomic E-state index is 0.140. The first-order valence-electron chi connectivity index (χ1n) is 8.67. The van der Waals surface area contributed by atoms with Crippen LogP contribution in [0.15, 0.2) is 54.9 Å². The third-order valence-corrected chi connectivity index (χ3v) is 4.58. The molecule has 3 aromatic rings. The molecule has 126 valence electrons. The van der Waals surface area contributed by atoms with Crippen LogP contribution in [-0.2, 0) is 0 Å². The van der Waals surface area contributed by atoms with E-state index in [1.54, 1.807) is 24.5 Å². The van der Waals surface area contributed by atoms with E-state index in [0.29, 0.717) is 5.56 Å². The molecule has 25 heavy (non-hydrogen) atoms. The zero-order chi connectivity index (χ0) is 17.1. The van der Waals surface area contributed by atoms with E-state index in [2.05, 4.69) is 32.3 Å². The number of nitrogens with one attached hydrogen (secondary N) is 1. The van der Waals surface area contributed by atoms with Gasteiger partial charge in [-0.3, -0.25) is 14.8 Å². The van der Waals surface area contributed by atoms with Gasteiger partial charge in [-0.2, -0.15) is 0 Å². The molecule has 2 heterocycles. The van der Waals surface area contributed by atoms with E-state index in [1.807, 2.05) is 18.2 Å². The Balaban J connectivity index is 1.47. The van der Waals surface area contributed by atoms with Crippen molar-refractivity contribution in [1.82, 2.24) is 9.97 Å². The van der Waals surface area contributed by atoms with Gasteiger partial charge in [-0.15, -0.1) is 0 Å². The van der Waals surface area contributed by atoms with E-state index < -0.39 is 0 Å². The van der Waals surface area contributed by atoms with Crippen LogP contribution in [0.5, 0.6) is 0 Å². The van der Waals surface area contributed by atoms with Crippen LogP contribution in [0.1, 0.15) is 29.6 Å². The van der Waals surface area contributed by atoms with E-state index >= 15 is 0 Å². The van der Waals surface area contributed by atoms with Crippen molar-refractivity contribution in [2.45, 2.75) is 19.3 Å². The Bertz CT molecular complexity index is 886. The van der Waals surface area contributed by atoms with Gasteiger partial charge in [0.2, 0.25) is 0 Å². The van der Waals surface area contributed by atoms with Crippen LogP contribution in [0, 0.1) is 0 Å². The molecule has 0 bridgehead atoms. The van der Waals surface area contributed by atoms with Crippen molar-refractivity contribution in [2.75, 3.05) is 23.3 Å². The van der Waals surface area contributed by atoms with Crippen LogP contribution in [-0.4, -0.2) is 29.0 Å². The molecule has 1 aromatic heterocycles. The van der Waals surface area contributed by atoms with Crippen molar-refractivity contribution >= 4 is 28.3 Å². The summed E-state index contributed by atoms with van der Waals surface area (Å²) >= 11 is 0. The highest BCUT2D eigenvalue weighted by molar-refractivity contribution is 6.05. The molecule has 1 saturated heterocycles. The molecule has 0 atom stereocenters. The molecule has 2 aromatic carbocycles. The predicted octanol–water partition coefficient (Wildman–Crippen LogP) is 3.87. The molecule has 1 amide bonds. The van der Waals surface area contributed by atoms with Gasteiger partial charge >= 0.3 is 0 Å². The van der Waals surface area contributed by atoms with Crippen molar-refractivity contribution in [2.24, 2.45) is 0 Å². The van der Waals surface area contributed by atoms with Crippen molar-refractivity contribution in [3.05, 3.63) is 60.4 Å². The highest BCUT2D eigenvalue weighted by Gasteiger charge is 2.11. The van der Waals surface area contributed by atoms with Gasteiger partial charge in [0.15, 0.2) is 0 Å². The quantitative estimate of drug-likeness (QED) is 0.791. The monoisotopic (exact) mass is 332 g/mol. The molecule has 1 fully saturated rings. The number of aromatic nitrogens is 2. The normalized spacial score (nSPS) is 14.5. The standard InChI is InChI=1S/C20H20N4O/c25-20(15-4-9-18-19(14-15)22-11-10-21-18)23-16-5-7-17(8-6-16)24-12-2-1-3-13-24/h4-11,14H,1-3,12-13H2,(H,23,25). The number of carbonyl (C=O) groups is 1. The van der Waals surface area contributed by atoms with Crippen molar-refractivity contribution in [3.63, 3.8) is 0 Å². The summed E-state index contributed by atoms with van der Waals surface area (Å²) in [6, 6.07) is 13.4. The van der Waals surface area contributed by atoms with Crippen LogP contribution >= 0.6 is 0 Å². The highest BCUT2D eigenvalue weighted by atomic mass is 16.1. The zero-order valence-electron chi connectivity index (χ0n) is 14.0. The Kier molecular flexibility index (Phi) is 4.29. The number of carbonyl (C=O) groups excluding carboxylic acids is 1. The summed E-state index contributed by atoms with van der Waals surface area (Å²) in [6.45, 7) is 2.23. The van der Waals surface area contributed by atoms with Gasteiger partial charge in [-0.1, -0.05) is 0 Å². The molecule has 4 rings (SSSR count). The fourth-order valence-electron chi connectivity index (χ4n) is 3.22. The number of fused-ring (bicyclic) bond motifs is 1. The average molecular weight is 332 g/mol. The Hall–Kier alpha value is -2.95. The molecule has 0 unspecified atom stereocenters. The van der Waals surface area contributed by atoms with E-state index in [0.717, 1.165) is 29.8 Å². The van der Waals surface area contributed by atoms with Gasteiger partial charge < -0.3 is 10.2 Å². The first kappa shape index (κ1) is 15.6. The maximum atomic E-state index is 12.5. The first-order chi connectivity index (χ1) is 12.3. The second kappa shape index (κ2) is 6.89. The van der Waals surface area contributed by atoms with Crippen molar-refractivity contribution in [1.29, 1.82) is 0 Å². The number of benzene rings is 2. The largest absolute Gasteiger partial charge is 0.372 e. The number of rotatable bonds is 3. The molecule has 0 aliphatic carbocycles. The van der Waals surface area contributed by atoms with E-state index in [4.69, 9.17) is 0 Å². The maximum absolute atomic E-state index is 12.5. The third-order valence-electron chi connectivity index (χ3n) is 4.58. The molecule has 1 aliphatic heterocycles. The first-order valence-corrected chi connectivity index (χ1v) is 8.67. The van der Waals surface area contributed by atoms with Gasteiger partial charge in [-0.25, -0.2) is 0 Å². The molecule has 0 spiro atoms. The third kappa shape index (κ3) is 3.45. The lowest BCUT2D eigenvalue weighted by molar-refractivity contribution is 0.102. The summed E-state index contributed by atoms with van der Waals surface area (Å²) < 4.78 is 0. The fraction of sp³-hybridized carbons (Fsp3) is 0.250. The molecule has 1 N–H and O–H groups in total. The number of hydrogen-bond donors (Lipinski definition) is 1. The van der Waals surface area contributed by atoms with Crippen LogP contribution in [0.2, 0.25) is 0 Å². The van der Waals surface area contributed by atoms with E-state index in [-0.39, 0.29) is 5.91 Å². The lowest BCUT2D eigenvalue weighted by Crippen LogP contribution is -2.29. The van der Waals surface area contributed by atoms with Gasteiger partial charge in [0, 0.05) is 42.4 Å². The van der Waals surface area contributed by atoms with Crippen LogP contribution in [0.3, 0.4) is 0 Å². The predicted molar refractivity (Wildman–Crippen MR) is 100.0 cm³/mol. The Labute approximate surface area is 146 Å². The molecule has 0 saturated carbocycles. The van der Waals surface area contributed by atoms with E-state index in [9.17, 15) is 4.79 Å². The summed E-state index contributed by atoms with van der Waals surface area (Å²) in [7, 11) is 0. The SMILES string of the molecule is O=C(Nc1ccc(N2CCCCC2)cc1)c1ccc2nccnc2c1. The number of piperidine rings is 1. The Morgan fingerprint density at radius 3 is 2.36 bits per heavy atom. The molecule has 5 nitrogen and oxygen atoms in total. The Morgan fingerprint density at radius 2 is 1.60 bits per heavy atom. The van der Waals surface area contributed by atoms with E-state index in [1.165, 1.54) is 24.9 Å². The lowest BCUT2D eigenvalue weighted by Gasteiger charge is -2.28. The van der Waals surface area contributed by atoms with Crippen molar-refractivity contribution in [3.8, 4) is 0 Å². The average Bonchev–Trinajstić information content (AvgIpc) is 2.69. The molecular formula is C20H20N4O. The Morgan fingerprint density at radius 1 is 0.880 bits per heavy atom. The summed E-state index contributed by atoms with van der Waals surface area (Å²) in [5.41, 5.74) is 4.09. The lowest BCUT2D eigenvalue weighted by atomic mass is 10.1. The van der Waals surface area contributed by atoms with Crippen LogP contribution in [0.25, 0.3) is 11.0 Å². The second-order valence-electron chi connectivity index (χ2n) is 6.31. The molecule has 5 heteroatoms. The minimum Gasteiger partial charge on any atom is -0.372 e. The highest BCUT2D eigenvalue weighted by Crippen LogP contribution is 2.22. The summed E-state index contributed by atoms with van der Waals surface area (Å²) in [4.78, 5) is 23.3. The van der Waals surface area contributed by atoms with Crippen LogP contribution in [0.4, 0.5) is 11.4 Å². The number of nitrogens with zero attached hydrogens (tertiary/aromatic N) is 3. The summed E-state index contributed by atoms with van der Waals surface area (Å²) in [6.07, 6.45) is 7.10. The summed E-state index contributed by atoms with van der Waals surface area (Å²) in [5.74, 6) is -0.140. The van der Waals surface area contributed by atoms with Crippen molar-refractivity contribution < 1.29 is 4.79 Å². The molecule has 1 aliphatic rings. The number of amides is 1. The van der Waals surface area contributed by atoms with Gasteiger partial charge in [-0.05, 0) is 61.7 Å². The topological polar surface area (TPSA) is 58.1 Å². The molecular weight excluding hydrogens is 312 g/mol. The van der Waals surface area contributed by atoms with Crippen LogP contribution < -0.4 is 10.2 Å². The number of anilines is 2. The van der Waals surface area contributed by atoms with Gasteiger partial charge in [0.25, 0.3) is 5.91 Å².